The van der Waals surface area contributed by atoms with Crippen LogP contribution in [0.15, 0.2) is 42.5 Å². The zero-order chi connectivity index (χ0) is 18.4. The molecule has 0 atom stereocenters. The molecule has 2 aromatic carbocycles. The first kappa shape index (κ1) is 19.0. The van der Waals surface area contributed by atoms with Gasteiger partial charge in [0, 0.05) is 10.7 Å². The topological polar surface area (TPSA) is 67.4 Å². The molecule has 0 unspecified atom stereocenters. The van der Waals surface area contributed by atoms with Crippen molar-refractivity contribution >= 4 is 40.7 Å². The van der Waals surface area contributed by atoms with Crippen LogP contribution in [0.2, 0.25) is 10.0 Å². The van der Waals surface area contributed by atoms with Gasteiger partial charge in [0.25, 0.3) is 5.91 Å². The molecule has 0 saturated heterocycles. The third-order valence-electron chi connectivity index (χ3n) is 2.95. The van der Waals surface area contributed by atoms with Crippen LogP contribution in [0.4, 0.5) is 14.5 Å². The van der Waals surface area contributed by atoms with Gasteiger partial charge in [-0.1, -0.05) is 23.2 Å². The van der Waals surface area contributed by atoms with E-state index in [9.17, 15) is 18.4 Å². The number of benzene rings is 2. The molecule has 0 aliphatic heterocycles. The number of hydrogen-bond donors (Lipinski definition) is 2. The highest BCUT2D eigenvalue weighted by atomic mass is 35.5. The highest BCUT2D eigenvalue weighted by Gasteiger charge is 2.12. The van der Waals surface area contributed by atoms with E-state index < -0.39 is 18.4 Å². The molecule has 132 valence electrons. The predicted octanol–water partition coefficient (Wildman–Crippen LogP) is 3.96. The lowest BCUT2D eigenvalue weighted by Gasteiger charge is -2.09. The lowest BCUT2D eigenvalue weighted by molar-refractivity contribution is -0.115. The number of carbonyl (C=O) groups excluding carboxylic acids is 2. The number of ether oxygens (including phenoxy) is 1. The van der Waals surface area contributed by atoms with Crippen LogP contribution in [-0.4, -0.2) is 25.0 Å². The van der Waals surface area contributed by atoms with E-state index in [1.54, 1.807) is 0 Å². The fraction of sp³-hybridized carbons (Fsp3) is 0.125. The molecule has 0 fully saturated rings. The minimum Gasteiger partial charge on any atom is -0.435 e. The SMILES string of the molecule is O=C(CNC(=O)c1ccc(Cl)cc1Cl)Nc1ccc(OC(F)F)cc1. The maximum absolute atomic E-state index is 12.0. The number of alkyl halides is 2. The van der Waals surface area contributed by atoms with Crippen LogP contribution in [0.3, 0.4) is 0 Å². The van der Waals surface area contributed by atoms with Gasteiger partial charge in [-0.2, -0.15) is 8.78 Å². The van der Waals surface area contributed by atoms with E-state index >= 15 is 0 Å². The van der Waals surface area contributed by atoms with Crippen molar-refractivity contribution in [3.63, 3.8) is 0 Å². The molecule has 2 aromatic rings. The fourth-order valence-corrected chi connectivity index (χ4v) is 2.35. The number of anilines is 1. The van der Waals surface area contributed by atoms with E-state index in [2.05, 4.69) is 15.4 Å². The molecule has 0 heterocycles. The van der Waals surface area contributed by atoms with Crippen molar-refractivity contribution in [2.24, 2.45) is 0 Å². The van der Waals surface area contributed by atoms with Crippen LogP contribution >= 0.6 is 23.2 Å². The quantitative estimate of drug-likeness (QED) is 0.786. The number of halogens is 4. The Labute approximate surface area is 151 Å². The highest BCUT2D eigenvalue weighted by molar-refractivity contribution is 6.36. The van der Waals surface area contributed by atoms with Crippen LogP contribution in [0, 0.1) is 0 Å². The van der Waals surface area contributed by atoms with Gasteiger partial charge in [-0.05, 0) is 42.5 Å². The number of nitrogens with one attached hydrogen (secondary N) is 2. The molecule has 5 nitrogen and oxygen atoms in total. The van der Waals surface area contributed by atoms with E-state index in [-0.39, 0.29) is 22.9 Å². The van der Waals surface area contributed by atoms with Crippen LogP contribution in [-0.2, 0) is 4.79 Å². The molecule has 0 spiro atoms. The average Bonchev–Trinajstić information content (AvgIpc) is 2.54. The van der Waals surface area contributed by atoms with Gasteiger partial charge in [0.15, 0.2) is 0 Å². The zero-order valence-corrected chi connectivity index (χ0v) is 14.1. The molecule has 0 radical (unpaired) electrons. The van der Waals surface area contributed by atoms with Gasteiger partial charge in [-0.3, -0.25) is 9.59 Å². The molecule has 25 heavy (non-hydrogen) atoms. The standard InChI is InChI=1S/C16H12Cl2F2N2O3/c17-9-1-6-12(13(18)7-9)15(24)21-8-14(23)22-10-2-4-11(5-3-10)25-16(19)20/h1-7,16H,8H2,(H,21,24)(H,22,23). The smallest absolute Gasteiger partial charge is 0.387 e. The summed E-state index contributed by atoms with van der Waals surface area (Å²) in [7, 11) is 0. The monoisotopic (exact) mass is 388 g/mol. The second-order valence-corrected chi connectivity index (χ2v) is 5.60. The van der Waals surface area contributed by atoms with Crippen molar-refractivity contribution in [3.05, 3.63) is 58.1 Å². The second kappa shape index (κ2) is 8.64. The number of carbonyl (C=O) groups is 2. The molecule has 0 aliphatic carbocycles. The first-order chi connectivity index (χ1) is 11.8. The summed E-state index contributed by atoms with van der Waals surface area (Å²) in [6, 6.07) is 9.73. The molecule has 2 amide bonds. The van der Waals surface area contributed by atoms with E-state index in [0.717, 1.165) is 0 Å². The summed E-state index contributed by atoms with van der Waals surface area (Å²) in [6.45, 7) is -3.22. The summed E-state index contributed by atoms with van der Waals surface area (Å²) < 4.78 is 28.3. The third kappa shape index (κ3) is 5.88. The van der Waals surface area contributed by atoms with Gasteiger partial charge in [0.1, 0.15) is 5.75 Å². The molecule has 0 aromatic heterocycles. The van der Waals surface area contributed by atoms with Crippen LogP contribution in [0.1, 0.15) is 10.4 Å². The summed E-state index contributed by atoms with van der Waals surface area (Å²) in [5, 5.41) is 5.47. The molecular weight excluding hydrogens is 377 g/mol. The zero-order valence-electron chi connectivity index (χ0n) is 12.6. The summed E-state index contributed by atoms with van der Waals surface area (Å²) in [4.78, 5) is 23.8. The Morgan fingerprint density at radius 1 is 1.08 bits per heavy atom. The summed E-state index contributed by atoms with van der Waals surface area (Å²) in [6.07, 6.45) is 0. The lowest BCUT2D eigenvalue weighted by Crippen LogP contribution is -2.33. The maximum Gasteiger partial charge on any atom is 0.387 e. The number of amides is 2. The van der Waals surface area contributed by atoms with Gasteiger partial charge in [-0.15, -0.1) is 0 Å². The molecule has 0 bridgehead atoms. The van der Waals surface area contributed by atoms with Gasteiger partial charge in [0.05, 0.1) is 17.1 Å². The van der Waals surface area contributed by atoms with E-state index in [0.29, 0.717) is 10.7 Å². The Bertz CT molecular complexity index is 770. The van der Waals surface area contributed by atoms with Crippen LogP contribution in [0.5, 0.6) is 5.75 Å². The minimum absolute atomic E-state index is 0.0290. The van der Waals surface area contributed by atoms with Crippen molar-refractivity contribution in [3.8, 4) is 5.75 Å². The van der Waals surface area contributed by atoms with E-state index in [1.807, 2.05) is 0 Å². The molecule has 2 N–H and O–H groups in total. The van der Waals surface area contributed by atoms with Gasteiger partial charge < -0.3 is 15.4 Å². The lowest BCUT2D eigenvalue weighted by atomic mass is 10.2. The number of hydrogen-bond acceptors (Lipinski definition) is 3. The van der Waals surface area contributed by atoms with E-state index in [1.165, 1.54) is 42.5 Å². The van der Waals surface area contributed by atoms with Gasteiger partial charge in [0.2, 0.25) is 5.91 Å². The first-order valence-corrected chi connectivity index (χ1v) is 7.68. The van der Waals surface area contributed by atoms with Crippen LogP contribution in [0.25, 0.3) is 0 Å². The predicted molar refractivity (Wildman–Crippen MR) is 90.5 cm³/mol. The van der Waals surface area contributed by atoms with Crippen molar-refractivity contribution in [2.75, 3.05) is 11.9 Å². The van der Waals surface area contributed by atoms with Crippen molar-refractivity contribution in [1.29, 1.82) is 0 Å². The molecule has 2 rings (SSSR count). The molecule has 0 saturated carbocycles. The maximum atomic E-state index is 12.0. The third-order valence-corrected chi connectivity index (χ3v) is 3.50. The number of rotatable bonds is 6. The largest absolute Gasteiger partial charge is 0.435 e. The minimum atomic E-state index is -2.92. The Morgan fingerprint density at radius 2 is 1.76 bits per heavy atom. The van der Waals surface area contributed by atoms with Crippen molar-refractivity contribution < 1.29 is 23.1 Å². The van der Waals surface area contributed by atoms with E-state index in [4.69, 9.17) is 23.2 Å². The Morgan fingerprint density at radius 3 is 2.36 bits per heavy atom. The fourth-order valence-electron chi connectivity index (χ4n) is 1.85. The second-order valence-electron chi connectivity index (χ2n) is 4.76. The summed E-state index contributed by atoms with van der Waals surface area (Å²) in [5.74, 6) is -1.06. The molecule has 9 heteroatoms. The Hall–Kier alpha value is -2.38. The normalized spacial score (nSPS) is 10.4. The summed E-state index contributed by atoms with van der Waals surface area (Å²) in [5.41, 5.74) is 0.553. The Balaban J connectivity index is 1.86. The highest BCUT2D eigenvalue weighted by Crippen LogP contribution is 2.21. The summed E-state index contributed by atoms with van der Waals surface area (Å²) >= 11 is 11.7. The van der Waals surface area contributed by atoms with Crippen LogP contribution < -0.4 is 15.4 Å². The first-order valence-electron chi connectivity index (χ1n) is 6.93. The Kier molecular flexibility index (Phi) is 6.55. The molecular formula is C16H12Cl2F2N2O3. The van der Waals surface area contributed by atoms with Gasteiger partial charge >= 0.3 is 6.61 Å². The van der Waals surface area contributed by atoms with Gasteiger partial charge in [-0.25, -0.2) is 0 Å². The van der Waals surface area contributed by atoms with Crippen molar-refractivity contribution in [1.82, 2.24) is 5.32 Å². The molecule has 0 aliphatic rings. The average molecular weight is 389 g/mol. The van der Waals surface area contributed by atoms with Crippen molar-refractivity contribution in [2.45, 2.75) is 6.61 Å².